The van der Waals surface area contributed by atoms with Crippen molar-refractivity contribution < 1.29 is 19.4 Å². The van der Waals surface area contributed by atoms with Crippen LogP contribution in [0.4, 0.5) is 4.79 Å². The summed E-state index contributed by atoms with van der Waals surface area (Å²) in [5.41, 5.74) is 0. The van der Waals surface area contributed by atoms with Crippen LogP contribution in [-0.4, -0.2) is 42.4 Å². The highest BCUT2D eigenvalue weighted by molar-refractivity contribution is 5.82. The molecule has 6 heteroatoms. The van der Waals surface area contributed by atoms with Gasteiger partial charge in [0.1, 0.15) is 6.04 Å². The highest BCUT2D eigenvalue weighted by atomic mass is 16.5. The lowest BCUT2D eigenvalue weighted by molar-refractivity contribution is -0.139. The molecule has 110 valence electrons. The van der Waals surface area contributed by atoms with E-state index in [1.165, 1.54) is 0 Å². The van der Waals surface area contributed by atoms with Gasteiger partial charge in [0, 0.05) is 13.2 Å². The van der Waals surface area contributed by atoms with E-state index in [4.69, 9.17) is 9.84 Å². The summed E-state index contributed by atoms with van der Waals surface area (Å²) < 4.78 is 5.23. The van der Waals surface area contributed by atoms with Crippen molar-refractivity contribution in [1.29, 1.82) is 0 Å². The Kier molecular flexibility index (Phi) is 6.62. The quantitative estimate of drug-likeness (QED) is 0.655. The Morgan fingerprint density at radius 3 is 2.68 bits per heavy atom. The Bertz CT molecular complexity index is 309. The van der Waals surface area contributed by atoms with Gasteiger partial charge in [-0.1, -0.05) is 19.8 Å². The van der Waals surface area contributed by atoms with E-state index in [2.05, 4.69) is 10.6 Å². The van der Waals surface area contributed by atoms with Crippen LogP contribution in [0.2, 0.25) is 0 Å². The van der Waals surface area contributed by atoms with E-state index >= 15 is 0 Å². The molecule has 0 aliphatic heterocycles. The third-order valence-corrected chi connectivity index (χ3v) is 3.50. The molecule has 2 amide bonds. The smallest absolute Gasteiger partial charge is 0.326 e. The van der Waals surface area contributed by atoms with Crippen molar-refractivity contribution in [3.05, 3.63) is 0 Å². The Morgan fingerprint density at radius 1 is 1.42 bits per heavy atom. The van der Waals surface area contributed by atoms with Gasteiger partial charge in [-0.15, -0.1) is 0 Å². The number of ether oxygens (including phenoxy) is 1. The Morgan fingerprint density at radius 2 is 2.16 bits per heavy atom. The van der Waals surface area contributed by atoms with Crippen LogP contribution in [0.25, 0.3) is 0 Å². The van der Waals surface area contributed by atoms with Crippen molar-refractivity contribution in [3.8, 4) is 0 Å². The molecule has 0 bridgehead atoms. The summed E-state index contributed by atoms with van der Waals surface area (Å²) in [6.07, 6.45) is 4.94. The first-order valence-corrected chi connectivity index (χ1v) is 6.89. The first kappa shape index (κ1) is 15.8. The number of methoxy groups -OCH3 is 1. The number of carbonyl (C=O) groups excluding carboxylic acids is 1. The predicted molar refractivity (Wildman–Crippen MR) is 71.1 cm³/mol. The number of nitrogens with one attached hydrogen (secondary N) is 2. The molecule has 3 atom stereocenters. The van der Waals surface area contributed by atoms with Crippen molar-refractivity contribution in [2.24, 2.45) is 0 Å². The molecule has 6 nitrogen and oxygen atoms in total. The monoisotopic (exact) mass is 272 g/mol. The van der Waals surface area contributed by atoms with Gasteiger partial charge in [-0.2, -0.15) is 0 Å². The van der Waals surface area contributed by atoms with Crippen molar-refractivity contribution >= 4 is 12.0 Å². The maximum atomic E-state index is 11.7. The summed E-state index contributed by atoms with van der Waals surface area (Å²) in [5.74, 6) is -0.982. The summed E-state index contributed by atoms with van der Waals surface area (Å²) in [4.78, 5) is 22.8. The number of rotatable bonds is 7. The average Bonchev–Trinajstić information content (AvgIpc) is 2.81. The summed E-state index contributed by atoms with van der Waals surface area (Å²) in [6.45, 7) is 1.99. The molecule has 1 fully saturated rings. The molecule has 0 aromatic carbocycles. The van der Waals surface area contributed by atoms with Crippen LogP contribution in [-0.2, 0) is 9.53 Å². The molecule has 0 radical (unpaired) electrons. The highest BCUT2D eigenvalue weighted by Gasteiger charge is 2.27. The van der Waals surface area contributed by atoms with Gasteiger partial charge in [-0.3, -0.25) is 0 Å². The minimum Gasteiger partial charge on any atom is -0.480 e. The molecule has 0 aromatic heterocycles. The fraction of sp³-hybridized carbons (Fsp3) is 0.846. The largest absolute Gasteiger partial charge is 0.480 e. The third-order valence-electron chi connectivity index (χ3n) is 3.50. The second kappa shape index (κ2) is 7.99. The van der Waals surface area contributed by atoms with Crippen LogP contribution >= 0.6 is 0 Å². The van der Waals surface area contributed by atoms with Crippen LogP contribution in [0.3, 0.4) is 0 Å². The standard InChI is InChI=1S/C13H24N2O4/c1-3-4-5-11(12(16)17)15-13(18)14-9-6-7-10(8-9)19-2/h9-11H,3-8H2,1-2H3,(H,16,17)(H2,14,15,18)/t9?,10?,11-/m0/s1. The summed E-state index contributed by atoms with van der Waals surface area (Å²) in [5, 5.41) is 14.4. The van der Waals surface area contributed by atoms with E-state index in [1.54, 1.807) is 7.11 Å². The Balaban J connectivity index is 2.34. The average molecular weight is 272 g/mol. The summed E-state index contributed by atoms with van der Waals surface area (Å²) in [6, 6.07) is -1.13. The maximum Gasteiger partial charge on any atom is 0.326 e. The first-order valence-electron chi connectivity index (χ1n) is 6.89. The number of unbranched alkanes of at least 4 members (excludes halogenated alkanes) is 1. The number of aliphatic carboxylic acids is 1. The van der Waals surface area contributed by atoms with E-state index in [9.17, 15) is 9.59 Å². The van der Waals surface area contributed by atoms with E-state index in [0.717, 1.165) is 32.1 Å². The number of urea groups is 1. The minimum absolute atomic E-state index is 0.0746. The fourth-order valence-electron chi connectivity index (χ4n) is 2.34. The summed E-state index contributed by atoms with van der Waals surface area (Å²) in [7, 11) is 1.67. The third kappa shape index (κ3) is 5.46. The van der Waals surface area contributed by atoms with Crippen molar-refractivity contribution in [2.45, 2.75) is 63.6 Å². The molecule has 1 rings (SSSR count). The van der Waals surface area contributed by atoms with Crippen molar-refractivity contribution in [2.75, 3.05) is 7.11 Å². The van der Waals surface area contributed by atoms with Crippen LogP contribution < -0.4 is 10.6 Å². The molecule has 1 saturated carbocycles. The Hall–Kier alpha value is -1.30. The van der Waals surface area contributed by atoms with Gasteiger partial charge in [0.2, 0.25) is 0 Å². The number of carbonyl (C=O) groups is 2. The minimum atomic E-state index is -0.982. The molecular weight excluding hydrogens is 248 g/mol. The number of amides is 2. The molecule has 2 unspecified atom stereocenters. The number of carboxylic acids is 1. The van der Waals surface area contributed by atoms with Gasteiger partial charge in [0.25, 0.3) is 0 Å². The molecule has 3 N–H and O–H groups in total. The van der Waals surface area contributed by atoms with Crippen molar-refractivity contribution in [1.82, 2.24) is 10.6 Å². The van der Waals surface area contributed by atoms with Crippen LogP contribution in [0.15, 0.2) is 0 Å². The van der Waals surface area contributed by atoms with Crippen LogP contribution in [0.1, 0.15) is 45.4 Å². The molecule has 19 heavy (non-hydrogen) atoms. The zero-order chi connectivity index (χ0) is 14.3. The summed E-state index contributed by atoms with van der Waals surface area (Å²) >= 11 is 0. The van der Waals surface area contributed by atoms with Gasteiger partial charge in [0.05, 0.1) is 6.10 Å². The zero-order valence-corrected chi connectivity index (χ0v) is 11.6. The lowest BCUT2D eigenvalue weighted by atomic mass is 10.1. The topological polar surface area (TPSA) is 87.7 Å². The molecule has 1 aliphatic carbocycles. The van der Waals surface area contributed by atoms with Crippen LogP contribution in [0.5, 0.6) is 0 Å². The second-order valence-corrected chi connectivity index (χ2v) is 5.02. The van der Waals surface area contributed by atoms with Gasteiger partial charge in [-0.05, 0) is 25.7 Å². The molecule has 0 saturated heterocycles. The first-order chi connectivity index (χ1) is 9.06. The molecule has 0 aromatic rings. The Labute approximate surface area is 113 Å². The van der Waals surface area contributed by atoms with Gasteiger partial charge in [-0.25, -0.2) is 9.59 Å². The van der Waals surface area contributed by atoms with E-state index in [0.29, 0.717) is 6.42 Å². The van der Waals surface area contributed by atoms with Crippen LogP contribution in [0, 0.1) is 0 Å². The lowest BCUT2D eigenvalue weighted by Crippen LogP contribution is -2.48. The van der Waals surface area contributed by atoms with E-state index in [-0.39, 0.29) is 12.1 Å². The highest BCUT2D eigenvalue weighted by Crippen LogP contribution is 2.21. The van der Waals surface area contributed by atoms with E-state index in [1.807, 2.05) is 6.92 Å². The molecule has 1 aliphatic rings. The number of carboxylic acid groups (broad SMARTS) is 1. The fourth-order valence-corrected chi connectivity index (χ4v) is 2.34. The van der Waals surface area contributed by atoms with Gasteiger partial charge in [0.15, 0.2) is 0 Å². The van der Waals surface area contributed by atoms with Gasteiger partial charge < -0.3 is 20.5 Å². The second-order valence-electron chi connectivity index (χ2n) is 5.02. The molecular formula is C13H24N2O4. The number of hydrogen-bond donors (Lipinski definition) is 3. The predicted octanol–water partition coefficient (Wildman–Crippen LogP) is 1.50. The lowest BCUT2D eigenvalue weighted by Gasteiger charge is -2.17. The number of hydrogen-bond acceptors (Lipinski definition) is 3. The SMILES string of the molecule is CCCC[C@H](NC(=O)NC1CCC(OC)C1)C(=O)O. The molecule has 0 spiro atoms. The zero-order valence-electron chi connectivity index (χ0n) is 11.6. The molecule has 0 heterocycles. The van der Waals surface area contributed by atoms with E-state index < -0.39 is 18.0 Å². The van der Waals surface area contributed by atoms with Gasteiger partial charge >= 0.3 is 12.0 Å². The van der Waals surface area contributed by atoms with Crippen molar-refractivity contribution in [3.63, 3.8) is 0 Å². The maximum absolute atomic E-state index is 11.7. The normalized spacial score (nSPS) is 23.9.